The standard InChI is InChI=1S/C24H34N8O5S2/c1-31(30-26)23(25)22(18-8-5-4-6-9-18)29-37-16-19-10-7-11-20(28-19)32(27)24(33)36-17-21(38-14-12-34-2)39-15-13-35-3/h4-11,21,25-26H,12-17,27H2,1-3H3/b25-23?,29-22-,30-26?. The molecule has 0 aliphatic rings. The van der Waals surface area contributed by atoms with E-state index in [1.54, 1.807) is 80.2 Å². The van der Waals surface area contributed by atoms with Crippen molar-refractivity contribution < 1.29 is 23.8 Å². The second-order valence-electron chi connectivity index (χ2n) is 7.64. The first-order chi connectivity index (χ1) is 18.9. The molecule has 1 amide bonds. The van der Waals surface area contributed by atoms with Crippen molar-refractivity contribution in [3.05, 3.63) is 59.8 Å². The van der Waals surface area contributed by atoms with Gasteiger partial charge in [-0.25, -0.2) is 20.6 Å². The number of hydrogen-bond donors (Lipinski definition) is 3. The van der Waals surface area contributed by atoms with Crippen molar-refractivity contribution in [3.8, 4) is 0 Å². The Morgan fingerprint density at radius 3 is 2.36 bits per heavy atom. The predicted octanol–water partition coefficient (Wildman–Crippen LogP) is 3.76. The average molecular weight is 579 g/mol. The number of carbonyl (C=O) groups is 1. The molecule has 0 unspecified atom stereocenters. The number of thioether (sulfide) groups is 2. The topological polar surface area (TPSA) is 172 Å². The molecule has 0 radical (unpaired) electrons. The van der Waals surface area contributed by atoms with Gasteiger partial charge in [0.25, 0.3) is 0 Å². The van der Waals surface area contributed by atoms with E-state index in [1.807, 2.05) is 6.07 Å². The van der Waals surface area contributed by atoms with Gasteiger partial charge in [0.15, 0.2) is 24.0 Å². The van der Waals surface area contributed by atoms with E-state index in [9.17, 15) is 4.79 Å². The number of likely N-dealkylation sites (N-methyl/N-ethyl adjacent to an activating group) is 1. The molecule has 2 aromatic rings. The van der Waals surface area contributed by atoms with Gasteiger partial charge in [0.05, 0.1) is 23.5 Å². The number of nitrogens with one attached hydrogen (secondary N) is 2. The minimum Gasteiger partial charge on any atom is -0.446 e. The van der Waals surface area contributed by atoms with Gasteiger partial charge in [0.1, 0.15) is 6.61 Å². The SMILES string of the molecule is COCCSC(COC(=O)N(N)c1cccc(CO/N=C(\C(=N)N(C)N=N)c2ccccc2)n1)SCCOC. The normalized spacial score (nSPS) is 11.3. The highest BCUT2D eigenvalue weighted by molar-refractivity contribution is 8.17. The number of benzene rings is 1. The van der Waals surface area contributed by atoms with Crippen LogP contribution in [-0.2, 0) is 25.7 Å². The Bertz CT molecular complexity index is 1070. The molecule has 1 aromatic heterocycles. The zero-order valence-corrected chi connectivity index (χ0v) is 23.7. The van der Waals surface area contributed by atoms with Crippen molar-refractivity contribution in [3.63, 3.8) is 0 Å². The van der Waals surface area contributed by atoms with Crippen LogP contribution in [0.2, 0.25) is 0 Å². The van der Waals surface area contributed by atoms with Crippen LogP contribution in [0.5, 0.6) is 0 Å². The first kappa shape index (κ1) is 32.0. The molecule has 13 nitrogen and oxygen atoms in total. The fourth-order valence-corrected chi connectivity index (χ4v) is 5.19. The number of pyridine rings is 1. The maximum Gasteiger partial charge on any atom is 0.430 e. The third-order valence-corrected chi connectivity index (χ3v) is 7.51. The largest absolute Gasteiger partial charge is 0.446 e. The van der Waals surface area contributed by atoms with Crippen LogP contribution in [0.25, 0.3) is 0 Å². The van der Waals surface area contributed by atoms with Crippen molar-refractivity contribution in [2.45, 2.75) is 11.2 Å². The zero-order chi connectivity index (χ0) is 28.5. The van der Waals surface area contributed by atoms with E-state index in [1.165, 1.54) is 7.05 Å². The third-order valence-electron chi connectivity index (χ3n) is 4.87. The number of nitrogens with zero attached hydrogens (tertiary/aromatic N) is 5. The molecule has 0 spiro atoms. The summed E-state index contributed by atoms with van der Waals surface area (Å²) >= 11 is 3.26. The molecule has 0 aliphatic carbocycles. The number of amidine groups is 1. The summed E-state index contributed by atoms with van der Waals surface area (Å²) in [6.07, 6.45) is -0.745. The van der Waals surface area contributed by atoms with Crippen LogP contribution in [0.3, 0.4) is 0 Å². The number of anilines is 1. The van der Waals surface area contributed by atoms with E-state index in [2.05, 4.69) is 15.4 Å². The number of nitrogens with two attached hydrogens (primary N) is 1. The van der Waals surface area contributed by atoms with Crippen molar-refractivity contribution in [1.82, 2.24) is 9.99 Å². The molecule has 212 valence electrons. The van der Waals surface area contributed by atoms with Gasteiger partial charge >= 0.3 is 6.09 Å². The van der Waals surface area contributed by atoms with E-state index in [0.717, 1.165) is 21.5 Å². The third kappa shape index (κ3) is 11.2. The summed E-state index contributed by atoms with van der Waals surface area (Å²) in [5.41, 5.74) is 8.43. The van der Waals surface area contributed by atoms with Gasteiger partial charge < -0.3 is 19.0 Å². The fourth-order valence-electron chi connectivity index (χ4n) is 2.85. The number of rotatable bonds is 17. The number of oxime groups is 1. The van der Waals surface area contributed by atoms with E-state index in [0.29, 0.717) is 24.5 Å². The van der Waals surface area contributed by atoms with Crippen LogP contribution < -0.4 is 10.9 Å². The molecule has 0 fully saturated rings. The smallest absolute Gasteiger partial charge is 0.430 e. The summed E-state index contributed by atoms with van der Waals surface area (Å²) in [5.74, 6) is 7.57. The Morgan fingerprint density at radius 1 is 1.08 bits per heavy atom. The average Bonchev–Trinajstić information content (AvgIpc) is 2.97. The number of carbonyl (C=O) groups excluding carboxylic acids is 1. The second kappa shape index (κ2) is 18.1. The minimum atomic E-state index is -0.745. The number of hydrogen-bond acceptors (Lipinski definition) is 13. The van der Waals surface area contributed by atoms with Gasteiger partial charge in [-0.1, -0.05) is 46.8 Å². The Hall–Kier alpha value is -3.24. The number of ether oxygens (including phenoxy) is 3. The van der Waals surface area contributed by atoms with Crippen LogP contribution >= 0.6 is 23.5 Å². The molecule has 39 heavy (non-hydrogen) atoms. The molecule has 0 saturated heterocycles. The molecular weight excluding hydrogens is 544 g/mol. The molecule has 4 N–H and O–H groups in total. The summed E-state index contributed by atoms with van der Waals surface area (Å²) in [7, 11) is 4.74. The number of amides is 1. The zero-order valence-electron chi connectivity index (χ0n) is 22.1. The van der Waals surface area contributed by atoms with Crippen LogP contribution in [0.4, 0.5) is 10.6 Å². The Balaban J connectivity index is 2.02. The molecule has 1 aromatic carbocycles. The Labute approximate surface area is 236 Å². The van der Waals surface area contributed by atoms with Crippen molar-refractivity contribution in [2.24, 2.45) is 16.2 Å². The molecular formula is C24H34N8O5S2. The highest BCUT2D eigenvalue weighted by atomic mass is 32.2. The van der Waals surface area contributed by atoms with Crippen LogP contribution in [0.15, 0.2) is 58.9 Å². The van der Waals surface area contributed by atoms with Crippen LogP contribution in [0.1, 0.15) is 11.3 Å². The minimum absolute atomic E-state index is 0.00218. The Kier molecular flexibility index (Phi) is 14.9. The summed E-state index contributed by atoms with van der Waals surface area (Å²) in [6, 6.07) is 13.9. The van der Waals surface area contributed by atoms with Gasteiger partial charge in [-0.3, -0.25) is 5.41 Å². The van der Waals surface area contributed by atoms with Crippen molar-refractivity contribution in [1.29, 1.82) is 10.9 Å². The van der Waals surface area contributed by atoms with E-state index >= 15 is 0 Å². The molecule has 0 aliphatic heterocycles. The summed E-state index contributed by atoms with van der Waals surface area (Å²) in [6.45, 7) is 1.28. The second-order valence-corrected chi connectivity index (χ2v) is 10.6. The van der Waals surface area contributed by atoms with Gasteiger partial charge in [-0.15, -0.1) is 23.5 Å². The lowest BCUT2D eigenvalue weighted by atomic mass is 10.1. The highest BCUT2D eigenvalue weighted by Gasteiger charge is 2.19. The van der Waals surface area contributed by atoms with Crippen LogP contribution in [0, 0.1) is 10.9 Å². The molecule has 15 heteroatoms. The first-order valence-corrected chi connectivity index (χ1v) is 13.8. The number of hydrazine groups is 1. The van der Waals surface area contributed by atoms with E-state index in [-0.39, 0.29) is 35.2 Å². The van der Waals surface area contributed by atoms with Crippen molar-refractivity contribution in [2.75, 3.05) is 57.6 Å². The lowest BCUT2D eigenvalue weighted by Gasteiger charge is -2.20. The quantitative estimate of drug-likeness (QED) is 0.0367. The fraction of sp³-hybridized carbons (Fsp3) is 0.417. The molecule has 1 heterocycles. The van der Waals surface area contributed by atoms with Gasteiger partial charge in [-0.2, -0.15) is 10.5 Å². The van der Waals surface area contributed by atoms with E-state index < -0.39 is 6.09 Å². The predicted molar refractivity (Wildman–Crippen MR) is 153 cm³/mol. The maximum absolute atomic E-state index is 12.6. The van der Waals surface area contributed by atoms with Gasteiger partial charge in [0.2, 0.25) is 0 Å². The molecule has 0 bridgehead atoms. The number of methoxy groups -OCH3 is 2. The molecule has 0 saturated carbocycles. The van der Waals surface area contributed by atoms with Gasteiger partial charge in [0, 0.05) is 38.3 Å². The summed E-state index contributed by atoms with van der Waals surface area (Å²) in [5, 5.41) is 17.5. The van der Waals surface area contributed by atoms with Crippen molar-refractivity contribution >= 4 is 47.0 Å². The summed E-state index contributed by atoms with van der Waals surface area (Å²) < 4.78 is 15.6. The molecule has 2 rings (SSSR count). The lowest BCUT2D eigenvalue weighted by Crippen LogP contribution is -2.39. The first-order valence-electron chi connectivity index (χ1n) is 11.7. The monoisotopic (exact) mass is 578 g/mol. The van der Waals surface area contributed by atoms with E-state index in [4.69, 9.17) is 35.8 Å². The summed E-state index contributed by atoms with van der Waals surface area (Å²) in [4.78, 5) is 22.4. The molecule has 0 atom stereocenters. The highest BCUT2D eigenvalue weighted by Crippen LogP contribution is 2.24. The van der Waals surface area contributed by atoms with Crippen LogP contribution in [-0.4, -0.2) is 84.8 Å². The lowest BCUT2D eigenvalue weighted by molar-refractivity contribution is 0.128. The van der Waals surface area contributed by atoms with Gasteiger partial charge in [-0.05, 0) is 12.1 Å². The maximum atomic E-state index is 12.6. The Morgan fingerprint density at radius 2 is 1.74 bits per heavy atom. The number of aromatic nitrogens is 1.